The number of hydrogen-bond donors (Lipinski definition) is 1. The second-order valence-corrected chi connectivity index (χ2v) is 8.37. The summed E-state index contributed by atoms with van der Waals surface area (Å²) in [4.78, 5) is 16.5. The minimum absolute atomic E-state index is 0.313. The summed E-state index contributed by atoms with van der Waals surface area (Å²) < 4.78 is 2.33. The number of para-hydroxylation sites is 1. The van der Waals surface area contributed by atoms with Gasteiger partial charge in [0.05, 0.1) is 16.6 Å². The van der Waals surface area contributed by atoms with E-state index in [1.54, 1.807) is 12.1 Å². The molecule has 1 N–H and O–H groups in total. The van der Waals surface area contributed by atoms with Gasteiger partial charge in [0, 0.05) is 18.8 Å². The number of carboxylic acids is 1. The third-order valence-corrected chi connectivity index (χ3v) is 6.00. The van der Waals surface area contributed by atoms with E-state index in [4.69, 9.17) is 16.6 Å². The Morgan fingerprint density at radius 2 is 1.78 bits per heavy atom. The highest BCUT2D eigenvalue weighted by Gasteiger charge is 2.15. The molecule has 164 valence electrons. The van der Waals surface area contributed by atoms with Gasteiger partial charge in [-0.2, -0.15) is 0 Å². The fourth-order valence-electron chi connectivity index (χ4n) is 4.20. The van der Waals surface area contributed by atoms with Crippen LogP contribution in [0, 0.1) is 0 Å². The topological polar surface area (TPSA) is 55.1 Å². The molecule has 0 radical (unpaired) electrons. The Hall–Kier alpha value is -3.11. The van der Waals surface area contributed by atoms with Crippen molar-refractivity contribution in [1.29, 1.82) is 0 Å². The van der Waals surface area contributed by atoms with Crippen LogP contribution in [0.5, 0.6) is 0 Å². The summed E-state index contributed by atoms with van der Waals surface area (Å²) in [5.74, 6) is 0.762. The maximum absolute atomic E-state index is 11.6. The van der Waals surface area contributed by atoms with Crippen molar-refractivity contribution >= 4 is 28.6 Å². The molecule has 0 fully saturated rings. The van der Waals surface area contributed by atoms with Gasteiger partial charge in [-0.3, -0.25) is 0 Å². The lowest BCUT2D eigenvalue weighted by molar-refractivity contribution is 0.0697. The van der Waals surface area contributed by atoms with E-state index < -0.39 is 5.97 Å². The molecule has 1 aromatic heterocycles. The van der Waals surface area contributed by atoms with E-state index in [0.717, 1.165) is 60.3 Å². The van der Waals surface area contributed by atoms with Gasteiger partial charge >= 0.3 is 5.97 Å². The molecule has 0 amide bonds. The van der Waals surface area contributed by atoms with Gasteiger partial charge in [0.15, 0.2) is 0 Å². The molecular weight excluding hydrogens is 420 g/mol. The van der Waals surface area contributed by atoms with Crippen LogP contribution >= 0.6 is 11.6 Å². The minimum atomic E-state index is -0.915. The zero-order chi connectivity index (χ0) is 22.5. The number of imidazole rings is 1. The summed E-state index contributed by atoms with van der Waals surface area (Å²) in [5, 5.41) is 9.50. The lowest BCUT2D eigenvalue weighted by Crippen LogP contribution is -2.07. The maximum Gasteiger partial charge on any atom is 0.336 e. The van der Waals surface area contributed by atoms with Crippen molar-refractivity contribution < 1.29 is 9.90 Å². The van der Waals surface area contributed by atoms with Crippen molar-refractivity contribution in [3.05, 3.63) is 89.2 Å². The Labute approximate surface area is 193 Å². The number of carbonyl (C=O) groups is 1. The number of rotatable bonds is 9. The molecule has 32 heavy (non-hydrogen) atoms. The third kappa shape index (κ3) is 4.56. The average Bonchev–Trinajstić information content (AvgIpc) is 3.16. The van der Waals surface area contributed by atoms with Crippen molar-refractivity contribution in [3.63, 3.8) is 0 Å². The van der Waals surface area contributed by atoms with Gasteiger partial charge in [-0.1, -0.05) is 67.9 Å². The first kappa shape index (κ1) is 22.1. The Morgan fingerprint density at radius 3 is 2.50 bits per heavy atom. The first-order valence-electron chi connectivity index (χ1n) is 11.1. The number of alkyl halides is 1. The molecule has 1 heterocycles. The van der Waals surface area contributed by atoms with Crippen LogP contribution < -0.4 is 0 Å². The van der Waals surface area contributed by atoms with Gasteiger partial charge in [0.25, 0.3) is 0 Å². The van der Waals surface area contributed by atoms with Crippen molar-refractivity contribution in [3.8, 4) is 11.1 Å². The van der Waals surface area contributed by atoms with Gasteiger partial charge < -0.3 is 9.67 Å². The summed E-state index contributed by atoms with van der Waals surface area (Å²) in [6.07, 6.45) is 3.97. The summed E-state index contributed by atoms with van der Waals surface area (Å²) in [7, 11) is 0. The second kappa shape index (κ2) is 10.0. The van der Waals surface area contributed by atoms with E-state index >= 15 is 0 Å². The summed E-state index contributed by atoms with van der Waals surface area (Å²) >= 11 is 6.08. The van der Waals surface area contributed by atoms with Crippen LogP contribution in [0.4, 0.5) is 0 Å². The van der Waals surface area contributed by atoms with E-state index in [2.05, 4.69) is 41.8 Å². The zero-order valence-electron chi connectivity index (χ0n) is 18.2. The highest BCUT2D eigenvalue weighted by molar-refractivity contribution is 6.18. The van der Waals surface area contributed by atoms with Crippen LogP contribution in [-0.4, -0.2) is 26.5 Å². The molecule has 4 nitrogen and oxygen atoms in total. The van der Waals surface area contributed by atoms with Crippen molar-refractivity contribution in [2.45, 2.75) is 39.2 Å². The number of benzene rings is 3. The Kier molecular flexibility index (Phi) is 6.91. The fourth-order valence-corrected chi connectivity index (χ4v) is 4.40. The van der Waals surface area contributed by atoms with E-state index in [-0.39, 0.29) is 0 Å². The Bertz CT molecular complexity index is 1230. The van der Waals surface area contributed by atoms with E-state index in [0.29, 0.717) is 11.4 Å². The molecule has 5 heteroatoms. The van der Waals surface area contributed by atoms with Gasteiger partial charge in [-0.05, 0) is 47.2 Å². The molecule has 0 aliphatic rings. The van der Waals surface area contributed by atoms with Crippen LogP contribution in [0.15, 0.2) is 66.7 Å². The molecular formula is C27H27ClN2O2. The summed E-state index contributed by atoms with van der Waals surface area (Å²) in [5.41, 5.74) is 6.50. The largest absolute Gasteiger partial charge is 0.478 e. The normalized spacial score (nSPS) is 11.2. The number of hydrogen-bond acceptors (Lipinski definition) is 2. The minimum Gasteiger partial charge on any atom is -0.478 e. The highest BCUT2D eigenvalue weighted by Crippen LogP contribution is 2.27. The molecule has 0 spiro atoms. The number of nitrogens with zero attached hydrogens (tertiary/aromatic N) is 2. The zero-order valence-corrected chi connectivity index (χ0v) is 19.0. The Balaban J connectivity index is 1.71. The number of halogens is 1. The van der Waals surface area contributed by atoms with Crippen LogP contribution in [0.1, 0.15) is 47.1 Å². The van der Waals surface area contributed by atoms with Gasteiger partial charge in [0.2, 0.25) is 0 Å². The van der Waals surface area contributed by atoms with E-state index in [1.807, 2.05) is 24.3 Å². The molecule has 0 aliphatic heterocycles. The smallest absolute Gasteiger partial charge is 0.336 e. The van der Waals surface area contributed by atoms with E-state index in [1.165, 1.54) is 11.1 Å². The number of aryl methyl sites for hydroxylation is 2. The van der Waals surface area contributed by atoms with Gasteiger partial charge in [-0.25, -0.2) is 9.78 Å². The number of aromatic nitrogens is 2. The first-order valence-corrected chi connectivity index (χ1v) is 11.6. The van der Waals surface area contributed by atoms with Crippen LogP contribution in [0.2, 0.25) is 0 Å². The number of carboxylic acid groups (broad SMARTS) is 1. The fraction of sp³-hybridized carbons (Fsp3) is 0.259. The molecule has 0 atom stereocenters. The SMILES string of the molecule is CCCCc1nc2cccc(CCCl)c2n1Cc1ccc(-c2ccccc2C(=O)O)cc1. The van der Waals surface area contributed by atoms with Crippen molar-refractivity contribution in [2.75, 3.05) is 5.88 Å². The predicted octanol–water partition coefficient (Wildman–Crippen LogP) is 6.57. The third-order valence-electron chi connectivity index (χ3n) is 5.81. The second-order valence-electron chi connectivity index (χ2n) is 7.99. The van der Waals surface area contributed by atoms with Crippen molar-refractivity contribution in [2.24, 2.45) is 0 Å². The monoisotopic (exact) mass is 446 g/mol. The number of fused-ring (bicyclic) bond motifs is 1. The van der Waals surface area contributed by atoms with Crippen molar-refractivity contribution in [1.82, 2.24) is 9.55 Å². The number of unbranched alkanes of at least 4 members (excludes halogenated alkanes) is 1. The molecule has 3 aromatic carbocycles. The molecule has 4 rings (SSSR count). The first-order chi connectivity index (χ1) is 15.6. The number of aromatic carboxylic acids is 1. The van der Waals surface area contributed by atoms with E-state index in [9.17, 15) is 9.90 Å². The molecule has 0 saturated heterocycles. The molecule has 0 aliphatic carbocycles. The lowest BCUT2D eigenvalue weighted by Gasteiger charge is -2.13. The van der Waals surface area contributed by atoms with Crippen LogP contribution in [-0.2, 0) is 19.4 Å². The quantitative estimate of drug-likeness (QED) is 0.295. The predicted molar refractivity (Wildman–Crippen MR) is 131 cm³/mol. The van der Waals surface area contributed by atoms with Crippen LogP contribution in [0.25, 0.3) is 22.2 Å². The van der Waals surface area contributed by atoms with Gasteiger partial charge in [-0.15, -0.1) is 11.6 Å². The lowest BCUT2D eigenvalue weighted by atomic mass is 9.98. The molecule has 0 unspecified atom stereocenters. The Morgan fingerprint density at radius 1 is 1.00 bits per heavy atom. The average molecular weight is 447 g/mol. The molecule has 0 saturated carbocycles. The van der Waals surface area contributed by atoms with Gasteiger partial charge in [0.1, 0.15) is 5.82 Å². The maximum atomic E-state index is 11.6. The van der Waals surface area contributed by atoms with Crippen LogP contribution in [0.3, 0.4) is 0 Å². The summed E-state index contributed by atoms with van der Waals surface area (Å²) in [6, 6.07) is 21.5. The standard InChI is InChI=1S/C27H27ClN2O2/c1-2-3-11-25-29-24-10-6-7-21(16-17-28)26(24)30(25)18-19-12-14-20(15-13-19)22-8-4-5-9-23(22)27(31)32/h4-10,12-15H,2-3,11,16-18H2,1H3,(H,31,32). The molecule has 4 aromatic rings. The highest BCUT2D eigenvalue weighted by atomic mass is 35.5. The summed E-state index contributed by atoms with van der Waals surface area (Å²) in [6.45, 7) is 2.91. The molecule has 0 bridgehead atoms.